The van der Waals surface area contributed by atoms with Crippen molar-refractivity contribution in [2.45, 2.75) is 0 Å². The maximum absolute atomic E-state index is 12.1. The zero-order chi connectivity index (χ0) is 13.4. The van der Waals surface area contributed by atoms with Crippen LogP contribution in [0.25, 0.3) is 21.7 Å². The number of nitriles is 1. The van der Waals surface area contributed by atoms with Crippen LogP contribution < -0.4 is 10.2 Å². The van der Waals surface area contributed by atoms with Crippen LogP contribution in [0.2, 0.25) is 0 Å². The SMILES string of the molecule is COc1ccc2c(ccc3c(=O)c(C#N)c[nH]c32)c1. The predicted octanol–water partition coefficient (Wildman–Crippen LogP) is 2.56. The maximum atomic E-state index is 12.1. The van der Waals surface area contributed by atoms with E-state index in [4.69, 9.17) is 10.00 Å². The summed E-state index contributed by atoms with van der Waals surface area (Å²) in [4.78, 5) is 15.1. The van der Waals surface area contributed by atoms with Crippen molar-refractivity contribution in [1.29, 1.82) is 5.26 Å². The summed E-state index contributed by atoms with van der Waals surface area (Å²) in [5.74, 6) is 0.767. The van der Waals surface area contributed by atoms with Crippen molar-refractivity contribution in [2.75, 3.05) is 7.11 Å². The second kappa shape index (κ2) is 4.14. The lowest BCUT2D eigenvalue weighted by Crippen LogP contribution is -2.07. The van der Waals surface area contributed by atoms with Crippen LogP contribution in [0.1, 0.15) is 5.56 Å². The van der Waals surface area contributed by atoms with Crippen LogP contribution in [0.4, 0.5) is 0 Å². The summed E-state index contributed by atoms with van der Waals surface area (Å²) in [5, 5.41) is 11.3. The normalized spacial score (nSPS) is 10.5. The number of ether oxygens (including phenoxy) is 1. The van der Waals surface area contributed by atoms with Crippen LogP contribution in [-0.4, -0.2) is 12.1 Å². The average molecular weight is 250 g/mol. The van der Waals surface area contributed by atoms with Gasteiger partial charge < -0.3 is 9.72 Å². The molecule has 0 amide bonds. The molecule has 0 saturated heterocycles. The van der Waals surface area contributed by atoms with Gasteiger partial charge >= 0.3 is 0 Å². The highest BCUT2D eigenvalue weighted by atomic mass is 16.5. The molecule has 0 aliphatic carbocycles. The van der Waals surface area contributed by atoms with E-state index in [1.54, 1.807) is 13.2 Å². The van der Waals surface area contributed by atoms with E-state index in [1.807, 2.05) is 30.3 Å². The summed E-state index contributed by atoms with van der Waals surface area (Å²) in [6, 6.07) is 11.1. The molecule has 3 rings (SSSR count). The molecule has 4 nitrogen and oxygen atoms in total. The lowest BCUT2D eigenvalue weighted by atomic mass is 10.0. The molecular formula is C15H10N2O2. The fraction of sp³-hybridized carbons (Fsp3) is 0.0667. The van der Waals surface area contributed by atoms with Crippen molar-refractivity contribution < 1.29 is 4.74 Å². The minimum Gasteiger partial charge on any atom is -0.497 e. The number of hydrogen-bond donors (Lipinski definition) is 1. The Kier molecular flexibility index (Phi) is 2.46. The molecule has 0 aliphatic heterocycles. The van der Waals surface area contributed by atoms with Crippen molar-refractivity contribution in [1.82, 2.24) is 4.98 Å². The van der Waals surface area contributed by atoms with Gasteiger partial charge in [-0.25, -0.2) is 0 Å². The number of benzene rings is 2. The maximum Gasteiger partial charge on any atom is 0.207 e. The van der Waals surface area contributed by atoms with E-state index in [0.29, 0.717) is 5.39 Å². The fourth-order valence-electron chi connectivity index (χ4n) is 2.22. The zero-order valence-electron chi connectivity index (χ0n) is 10.2. The number of rotatable bonds is 1. The highest BCUT2D eigenvalue weighted by Gasteiger charge is 2.07. The van der Waals surface area contributed by atoms with E-state index in [1.165, 1.54) is 6.20 Å². The summed E-state index contributed by atoms with van der Waals surface area (Å²) in [7, 11) is 1.61. The van der Waals surface area contributed by atoms with Crippen molar-refractivity contribution in [3.8, 4) is 11.8 Å². The number of fused-ring (bicyclic) bond motifs is 3. The zero-order valence-corrected chi connectivity index (χ0v) is 10.2. The Morgan fingerprint density at radius 1 is 1.21 bits per heavy atom. The first kappa shape index (κ1) is 11.3. The van der Waals surface area contributed by atoms with E-state index in [0.717, 1.165) is 22.0 Å². The lowest BCUT2D eigenvalue weighted by Gasteiger charge is -2.06. The fourth-order valence-corrected chi connectivity index (χ4v) is 2.22. The van der Waals surface area contributed by atoms with Crippen LogP contribution in [0, 0.1) is 11.3 Å². The van der Waals surface area contributed by atoms with Gasteiger partial charge in [0.25, 0.3) is 0 Å². The van der Waals surface area contributed by atoms with Gasteiger partial charge in [-0.15, -0.1) is 0 Å². The van der Waals surface area contributed by atoms with Gasteiger partial charge in [-0.3, -0.25) is 4.79 Å². The molecule has 3 aromatic rings. The van der Waals surface area contributed by atoms with Gasteiger partial charge in [0.1, 0.15) is 17.4 Å². The Morgan fingerprint density at radius 2 is 2.00 bits per heavy atom. The van der Waals surface area contributed by atoms with Crippen LogP contribution in [0.3, 0.4) is 0 Å². The summed E-state index contributed by atoms with van der Waals surface area (Å²) in [6.07, 6.45) is 1.45. The first-order valence-corrected chi connectivity index (χ1v) is 5.77. The third-order valence-corrected chi connectivity index (χ3v) is 3.20. The molecule has 0 atom stereocenters. The summed E-state index contributed by atoms with van der Waals surface area (Å²) >= 11 is 0. The number of methoxy groups -OCH3 is 1. The van der Waals surface area contributed by atoms with Crippen molar-refractivity contribution >= 4 is 21.7 Å². The van der Waals surface area contributed by atoms with E-state index >= 15 is 0 Å². The quantitative estimate of drug-likeness (QED) is 0.675. The number of nitrogens with zero attached hydrogens (tertiary/aromatic N) is 1. The Bertz CT molecular complexity index is 888. The number of nitrogens with one attached hydrogen (secondary N) is 1. The average Bonchev–Trinajstić information content (AvgIpc) is 2.46. The Morgan fingerprint density at radius 3 is 2.74 bits per heavy atom. The van der Waals surface area contributed by atoms with Crippen LogP contribution in [0.15, 0.2) is 41.3 Å². The van der Waals surface area contributed by atoms with Gasteiger partial charge in [0, 0.05) is 17.0 Å². The van der Waals surface area contributed by atoms with Gasteiger partial charge in [-0.05, 0) is 29.7 Å². The largest absolute Gasteiger partial charge is 0.497 e. The van der Waals surface area contributed by atoms with Gasteiger partial charge in [0.2, 0.25) is 5.43 Å². The number of hydrogen-bond acceptors (Lipinski definition) is 3. The van der Waals surface area contributed by atoms with Crippen molar-refractivity contribution in [2.24, 2.45) is 0 Å². The standard InChI is InChI=1S/C15H10N2O2/c1-19-11-3-5-12-9(6-11)2-4-13-14(12)17-8-10(7-16)15(13)18/h2-6,8H,1H3,(H,17,18). The van der Waals surface area contributed by atoms with Crippen molar-refractivity contribution in [3.05, 3.63) is 52.3 Å². The summed E-state index contributed by atoms with van der Waals surface area (Å²) < 4.78 is 5.18. The predicted molar refractivity (Wildman–Crippen MR) is 73.3 cm³/mol. The van der Waals surface area contributed by atoms with E-state index in [2.05, 4.69) is 4.98 Å². The molecule has 4 heteroatoms. The number of pyridine rings is 1. The smallest absolute Gasteiger partial charge is 0.207 e. The van der Waals surface area contributed by atoms with Crippen LogP contribution >= 0.6 is 0 Å². The molecule has 0 unspecified atom stereocenters. The molecule has 1 N–H and O–H groups in total. The molecule has 19 heavy (non-hydrogen) atoms. The number of aromatic nitrogens is 1. The van der Waals surface area contributed by atoms with E-state index < -0.39 is 0 Å². The first-order chi connectivity index (χ1) is 9.24. The Hall–Kier alpha value is -2.80. The third-order valence-electron chi connectivity index (χ3n) is 3.20. The molecule has 0 spiro atoms. The monoisotopic (exact) mass is 250 g/mol. The molecule has 1 heterocycles. The molecule has 2 aromatic carbocycles. The molecule has 1 aromatic heterocycles. The topological polar surface area (TPSA) is 65.9 Å². The second-order valence-corrected chi connectivity index (χ2v) is 4.22. The summed E-state index contributed by atoms with van der Waals surface area (Å²) in [5.41, 5.74) is 0.624. The Labute approximate surface area is 108 Å². The van der Waals surface area contributed by atoms with Gasteiger partial charge in [-0.2, -0.15) is 5.26 Å². The molecule has 0 radical (unpaired) electrons. The minimum atomic E-state index is -0.242. The van der Waals surface area contributed by atoms with Gasteiger partial charge in [0.05, 0.1) is 12.6 Å². The minimum absolute atomic E-state index is 0.125. The molecule has 0 aliphatic rings. The van der Waals surface area contributed by atoms with Gasteiger partial charge in [-0.1, -0.05) is 6.07 Å². The van der Waals surface area contributed by atoms with Crippen molar-refractivity contribution in [3.63, 3.8) is 0 Å². The molecule has 0 bridgehead atoms. The molecular weight excluding hydrogens is 240 g/mol. The van der Waals surface area contributed by atoms with E-state index in [-0.39, 0.29) is 11.0 Å². The van der Waals surface area contributed by atoms with Gasteiger partial charge in [0.15, 0.2) is 0 Å². The third kappa shape index (κ3) is 1.64. The lowest BCUT2D eigenvalue weighted by molar-refractivity contribution is 0.415. The summed E-state index contributed by atoms with van der Waals surface area (Å²) in [6.45, 7) is 0. The highest BCUT2D eigenvalue weighted by molar-refractivity contribution is 6.05. The molecule has 0 fully saturated rings. The van der Waals surface area contributed by atoms with E-state index in [9.17, 15) is 4.79 Å². The Balaban J connectivity index is 2.46. The van der Waals surface area contributed by atoms with Crippen LogP contribution in [-0.2, 0) is 0 Å². The second-order valence-electron chi connectivity index (χ2n) is 4.22. The first-order valence-electron chi connectivity index (χ1n) is 5.77. The number of aromatic amines is 1. The highest BCUT2D eigenvalue weighted by Crippen LogP contribution is 2.25. The number of H-pyrrole nitrogens is 1. The molecule has 0 saturated carbocycles. The molecule has 92 valence electrons. The van der Waals surface area contributed by atoms with Crippen LogP contribution in [0.5, 0.6) is 5.75 Å².